The molecular formula is C15H21F3N2O. The number of rotatable bonds is 4. The van der Waals surface area contributed by atoms with E-state index in [9.17, 15) is 18.3 Å². The van der Waals surface area contributed by atoms with Crippen molar-refractivity contribution >= 4 is 5.69 Å². The van der Waals surface area contributed by atoms with E-state index in [1.807, 2.05) is 0 Å². The van der Waals surface area contributed by atoms with Gasteiger partial charge in [-0.15, -0.1) is 0 Å². The van der Waals surface area contributed by atoms with Gasteiger partial charge in [-0.3, -0.25) is 0 Å². The van der Waals surface area contributed by atoms with Crippen molar-refractivity contribution in [3.05, 3.63) is 29.3 Å². The highest BCUT2D eigenvalue weighted by molar-refractivity contribution is 5.51. The first-order valence-electron chi connectivity index (χ1n) is 7.09. The van der Waals surface area contributed by atoms with Crippen molar-refractivity contribution in [2.45, 2.75) is 44.0 Å². The first-order valence-corrected chi connectivity index (χ1v) is 7.09. The summed E-state index contributed by atoms with van der Waals surface area (Å²) in [5.41, 5.74) is 4.73. The number of likely N-dealkylation sites (N-methyl/N-ethyl adjacent to an activating group) is 1. The van der Waals surface area contributed by atoms with Crippen LogP contribution in [0.1, 0.15) is 36.8 Å². The van der Waals surface area contributed by atoms with Crippen LogP contribution in [0.25, 0.3) is 0 Å². The second kappa shape index (κ2) is 5.85. The van der Waals surface area contributed by atoms with Crippen molar-refractivity contribution in [1.29, 1.82) is 0 Å². The van der Waals surface area contributed by atoms with Crippen molar-refractivity contribution in [3.8, 4) is 0 Å². The predicted molar refractivity (Wildman–Crippen MR) is 76.0 cm³/mol. The first-order chi connectivity index (χ1) is 9.75. The Labute approximate surface area is 122 Å². The van der Waals surface area contributed by atoms with Gasteiger partial charge < -0.3 is 15.7 Å². The SMILES string of the molecule is CN(CC1(O)CCCC1)c1ccc(C(F)(F)F)c(CN)c1. The number of halogens is 3. The van der Waals surface area contributed by atoms with E-state index >= 15 is 0 Å². The zero-order valence-corrected chi connectivity index (χ0v) is 12.1. The Hall–Kier alpha value is -1.27. The van der Waals surface area contributed by atoms with Gasteiger partial charge in [-0.05, 0) is 36.6 Å². The third-order valence-corrected chi connectivity index (χ3v) is 4.12. The van der Waals surface area contributed by atoms with Gasteiger partial charge in [0.1, 0.15) is 0 Å². The van der Waals surface area contributed by atoms with Gasteiger partial charge in [0.05, 0.1) is 11.2 Å². The van der Waals surface area contributed by atoms with E-state index in [0.717, 1.165) is 31.7 Å². The number of hydrogen-bond donors (Lipinski definition) is 2. The summed E-state index contributed by atoms with van der Waals surface area (Å²) in [6.07, 6.45) is -0.935. The van der Waals surface area contributed by atoms with Gasteiger partial charge in [0.25, 0.3) is 0 Å². The molecule has 1 fully saturated rings. The molecule has 118 valence electrons. The standard InChI is InChI=1S/C15H21F3N2O/c1-20(10-14(21)6-2-3-7-14)12-4-5-13(15(16,17)18)11(8-12)9-19/h4-5,8,21H,2-3,6-7,9-10,19H2,1H3. The molecule has 0 aromatic heterocycles. The lowest BCUT2D eigenvalue weighted by molar-refractivity contribution is -0.138. The van der Waals surface area contributed by atoms with E-state index < -0.39 is 17.3 Å². The topological polar surface area (TPSA) is 49.5 Å². The molecule has 1 aliphatic carbocycles. The molecule has 0 unspecified atom stereocenters. The molecule has 1 aliphatic rings. The molecule has 0 atom stereocenters. The molecule has 1 saturated carbocycles. The first kappa shape index (κ1) is 16.1. The maximum Gasteiger partial charge on any atom is 0.416 e. The highest BCUT2D eigenvalue weighted by Crippen LogP contribution is 2.35. The third-order valence-electron chi connectivity index (χ3n) is 4.12. The van der Waals surface area contributed by atoms with E-state index in [0.29, 0.717) is 12.2 Å². The Morgan fingerprint density at radius 3 is 2.43 bits per heavy atom. The number of benzene rings is 1. The van der Waals surface area contributed by atoms with E-state index in [-0.39, 0.29) is 12.1 Å². The Balaban J connectivity index is 2.20. The molecule has 0 saturated heterocycles. The monoisotopic (exact) mass is 302 g/mol. The summed E-state index contributed by atoms with van der Waals surface area (Å²) in [7, 11) is 1.78. The summed E-state index contributed by atoms with van der Waals surface area (Å²) in [6.45, 7) is 0.253. The van der Waals surface area contributed by atoms with Crippen LogP contribution in [0.3, 0.4) is 0 Å². The molecule has 2 rings (SSSR count). The summed E-state index contributed by atoms with van der Waals surface area (Å²) in [5, 5.41) is 10.4. The highest BCUT2D eigenvalue weighted by Gasteiger charge is 2.34. The lowest BCUT2D eigenvalue weighted by atomic mass is 10.0. The third kappa shape index (κ3) is 3.68. The summed E-state index contributed by atoms with van der Waals surface area (Å²) in [4.78, 5) is 1.80. The maximum absolute atomic E-state index is 12.8. The Bertz CT molecular complexity index is 496. The Morgan fingerprint density at radius 1 is 1.29 bits per heavy atom. The summed E-state index contributed by atoms with van der Waals surface area (Å²) < 4.78 is 38.5. The minimum atomic E-state index is -4.39. The summed E-state index contributed by atoms with van der Waals surface area (Å²) in [6, 6.07) is 3.95. The molecular weight excluding hydrogens is 281 g/mol. The summed E-state index contributed by atoms with van der Waals surface area (Å²) >= 11 is 0. The van der Waals surface area contributed by atoms with Crippen LogP contribution in [0, 0.1) is 0 Å². The van der Waals surface area contributed by atoms with Crippen molar-refractivity contribution in [1.82, 2.24) is 0 Å². The molecule has 1 aromatic rings. The van der Waals surface area contributed by atoms with Crippen LogP contribution in [0.4, 0.5) is 18.9 Å². The maximum atomic E-state index is 12.8. The van der Waals surface area contributed by atoms with Crippen LogP contribution in [0.2, 0.25) is 0 Å². The summed E-state index contributed by atoms with van der Waals surface area (Å²) in [5.74, 6) is 0. The molecule has 3 N–H and O–H groups in total. The number of nitrogens with two attached hydrogens (primary N) is 1. The van der Waals surface area contributed by atoms with E-state index in [2.05, 4.69) is 0 Å². The zero-order valence-electron chi connectivity index (χ0n) is 12.1. The molecule has 1 aromatic carbocycles. The molecule has 0 amide bonds. The van der Waals surface area contributed by atoms with Gasteiger partial charge in [0.2, 0.25) is 0 Å². The molecule has 6 heteroatoms. The van der Waals surface area contributed by atoms with Crippen molar-refractivity contribution in [2.24, 2.45) is 5.73 Å². The molecule has 0 heterocycles. The van der Waals surface area contributed by atoms with E-state index in [4.69, 9.17) is 5.73 Å². The van der Waals surface area contributed by atoms with Gasteiger partial charge in [0, 0.05) is 25.8 Å². The zero-order chi connectivity index (χ0) is 15.7. The fraction of sp³-hybridized carbons (Fsp3) is 0.600. The normalized spacial score (nSPS) is 18.0. The molecule has 0 spiro atoms. The van der Waals surface area contributed by atoms with Gasteiger partial charge in [-0.1, -0.05) is 12.8 Å². The van der Waals surface area contributed by atoms with Crippen LogP contribution in [0.5, 0.6) is 0 Å². The Kier molecular flexibility index (Phi) is 4.49. The second-order valence-electron chi connectivity index (χ2n) is 5.83. The molecule has 21 heavy (non-hydrogen) atoms. The van der Waals surface area contributed by atoms with Crippen LogP contribution in [0.15, 0.2) is 18.2 Å². The number of anilines is 1. The number of alkyl halides is 3. The van der Waals surface area contributed by atoms with Crippen LogP contribution in [-0.4, -0.2) is 24.3 Å². The van der Waals surface area contributed by atoms with E-state index in [1.54, 1.807) is 11.9 Å². The predicted octanol–water partition coefficient (Wildman–Crippen LogP) is 2.91. The van der Waals surface area contributed by atoms with Crippen LogP contribution in [-0.2, 0) is 12.7 Å². The quantitative estimate of drug-likeness (QED) is 0.899. The van der Waals surface area contributed by atoms with Crippen molar-refractivity contribution < 1.29 is 18.3 Å². The molecule has 3 nitrogen and oxygen atoms in total. The minimum Gasteiger partial charge on any atom is -0.388 e. The van der Waals surface area contributed by atoms with Gasteiger partial charge in [0.15, 0.2) is 0 Å². The average Bonchev–Trinajstić information content (AvgIpc) is 2.83. The lowest BCUT2D eigenvalue weighted by Crippen LogP contribution is -2.39. The average molecular weight is 302 g/mol. The van der Waals surface area contributed by atoms with E-state index in [1.165, 1.54) is 12.1 Å². The van der Waals surface area contributed by atoms with Crippen LogP contribution < -0.4 is 10.6 Å². The Morgan fingerprint density at radius 2 is 1.90 bits per heavy atom. The van der Waals surface area contributed by atoms with Gasteiger partial charge in [-0.25, -0.2) is 0 Å². The number of nitrogens with zero attached hydrogens (tertiary/aromatic N) is 1. The lowest BCUT2D eigenvalue weighted by Gasteiger charge is -2.30. The van der Waals surface area contributed by atoms with Crippen molar-refractivity contribution in [2.75, 3.05) is 18.5 Å². The molecule has 0 radical (unpaired) electrons. The minimum absolute atomic E-state index is 0.0743. The van der Waals surface area contributed by atoms with Crippen LogP contribution >= 0.6 is 0 Å². The van der Waals surface area contributed by atoms with Gasteiger partial charge in [-0.2, -0.15) is 13.2 Å². The fourth-order valence-electron chi connectivity index (χ4n) is 2.99. The second-order valence-corrected chi connectivity index (χ2v) is 5.83. The number of aliphatic hydroxyl groups is 1. The van der Waals surface area contributed by atoms with Crippen molar-refractivity contribution in [3.63, 3.8) is 0 Å². The fourth-order valence-corrected chi connectivity index (χ4v) is 2.99. The molecule has 0 bridgehead atoms. The molecule has 0 aliphatic heterocycles. The highest BCUT2D eigenvalue weighted by atomic mass is 19.4. The van der Waals surface area contributed by atoms with Gasteiger partial charge >= 0.3 is 6.18 Å². The smallest absolute Gasteiger partial charge is 0.388 e. The largest absolute Gasteiger partial charge is 0.416 e. The number of hydrogen-bond acceptors (Lipinski definition) is 3.